The standard InChI is InChI=1S/C13H18N2/c14-11-2-1-3-12(8-11)15-13(9-4-5-9)10-6-7-10/h1-3,8-10,13,15H,4-7,14H2. The SMILES string of the molecule is Nc1cccc(NC(C2CC2)C2CC2)c1. The third-order valence-electron chi connectivity index (χ3n) is 3.48. The summed E-state index contributed by atoms with van der Waals surface area (Å²) in [6, 6.07) is 8.83. The number of rotatable bonds is 4. The number of anilines is 2. The summed E-state index contributed by atoms with van der Waals surface area (Å²) in [4.78, 5) is 0. The van der Waals surface area contributed by atoms with Gasteiger partial charge in [-0.3, -0.25) is 0 Å². The minimum atomic E-state index is 0.715. The molecule has 15 heavy (non-hydrogen) atoms. The third kappa shape index (κ3) is 2.09. The molecule has 0 bridgehead atoms. The minimum absolute atomic E-state index is 0.715. The molecule has 2 aliphatic carbocycles. The first-order valence-electron chi connectivity index (χ1n) is 5.95. The number of nitrogens with one attached hydrogen (secondary N) is 1. The van der Waals surface area contributed by atoms with Gasteiger partial charge in [0.05, 0.1) is 0 Å². The average molecular weight is 202 g/mol. The predicted octanol–water partition coefficient (Wildman–Crippen LogP) is 2.87. The number of nitrogens with two attached hydrogens (primary N) is 1. The fourth-order valence-corrected chi connectivity index (χ4v) is 2.35. The van der Waals surface area contributed by atoms with Gasteiger partial charge in [-0.2, -0.15) is 0 Å². The fraction of sp³-hybridized carbons (Fsp3) is 0.538. The monoisotopic (exact) mass is 202 g/mol. The minimum Gasteiger partial charge on any atom is -0.399 e. The van der Waals surface area contributed by atoms with Gasteiger partial charge in [-0.1, -0.05) is 6.07 Å². The summed E-state index contributed by atoms with van der Waals surface area (Å²) < 4.78 is 0. The van der Waals surface area contributed by atoms with E-state index in [-0.39, 0.29) is 0 Å². The second-order valence-corrected chi connectivity index (χ2v) is 4.97. The summed E-state index contributed by atoms with van der Waals surface area (Å²) in [5.74, 6) is 1.86. The maximum Gasteiger partial charge on any atom is 0.0363 e. The quantitative estimate of drug-likeness (QED) is 0.737. The van der Waals surface area contributed by atoms with E-state index in [0.29, 0.717) is 6.04 Å². The van der Waals surface area contributed by atoms with Gasteiger partial charge < -0.3 is 11.1 Å². The van der Waals surface area contributed by atoms with E-state index in [4.69, 9.17) is 5.73 Å². The van der Waals surface area contributed by atoms with Crippen molar-refractivity contribution in [3.8, 4) is 0 Å². The van der Waals surface area contributed by atoms with E-state index in [0.717, 1.165) is 17.5 Å². The van der Waals surface area contributed by atoms with E-state index in [1.807, 2.05) is 18.2 Å². The molecule has 2 aliphatic rings. The third-order valence-corrected chi connectivity index (χ3v) is 3.48. The highest BCUT2D eigenvalue weighted by atomic mass is 15.0. The zero-order valence-corrected chi connectivity index (χ0v) is 8.95. The Morgan fingerprint density at radius 3 is 2.33 bits per heavy atom. The first-order valence-corrected chi connectivity index (χ1v) is 5.95. The summed E-state index contributed by atoms with van der Waals surface area (Å²) in [5.41, 5.74) is 7.82. The van der Waals surface area contributed by atoms with Crippen LogP contribution in [-0.2, 0) is 0 Å². The first kappa shape index (κ1) is 9.08. The van der Waals surface area contributed by atoms with E-state index >= 15 is 0 Å². The number of hydrogen-bond donors (Lipinski definition) is 2. The van der Waals surface area contributed by atoms with E-state index < -0.39 is 0 Å². The van der Waals surface area contributed by atoms with Crippen molar-refractivity contribution in [3.05, 3.63) is 24.3 Å². The van der Waals surface area contributed by atoms with Gasteiger partial charge in [-0.25, -0.2) is 0 Å². The number of hydrogen-bond acceptors (Lipinski definition) is 2. The Balaban J connectivity index is 1.71. The summed E-state index contributed by atoms with van der Waals surface area (Å²) in [7, 11) is 0. The highest BCUT2D eigenvalue weighted by Gasteiger charge is 2.41. The van der Waals surface area contributed by atoms with Crippen LogP contribution < -0.4 is 11.1 Å². The molecule has 2 nitrogen and oxygen atoms in total. The molecule has 0 heterocycles. The van der Waals surface area contributed by atoms with Crippen LogP contribution in [0.5, 0.6) is 0 Å². The lowest BCUT2D eigenvalue weighted by atomic mass is 10.1. The van der Waals surface area contributed by atoms with Crippen molar-refractivity contribution in [2.45, 2.75) is 31.7 Å². The van der Waals surface area contributed by atoms with Crippen LogP contribution in [0, 0.1) is 11.8 Å². The van der Waals surface area contributed by atoms with Crippen LogP contribution in [-0.4, -0.2) is 6.04 Å². The van der Waals surface area contributed by atoms with Crippen LogP contribution >= 0.6 is 0 Å². The molecule has 2 heteroatoms. The van der Waals surface area contributed by atoms with Crippen molar-refractivity contribution in [3.63, 3.8) is 0 Å². The highest BCUT2D eigenvalue weighted by molar-refractivity contribution is 5.54. The Hall–Kier alpha value is -1.18. The molecule has 0 radical (unpaired) electrons. The van der Waals surface area contributed by atoms with Crippen molar-refractivity contribution < 1.29 is 0 Å². The molecule has 0 amide bonds. The molecular weight excluding hydrogens is 184 g/mol. The van der Waals surface area contributed by atoms with Crippen molar-refractivity contribution in [2.75, 3.05) is 11.1 Å². The Bertz CT molecular complexity index is 341. The van der Waals surface area contributed by atoms with Crippen LogP contribution in [0.4, 0.5) is 11.4 Å². The highest BCUT2D eigenvalue weighted by Crippen LogP contribution is 2.45. The van der Waals surface area contributed by atoms with Crippen molar-refractivity contribution in [1.82, 2.24) is 0 Å². The van der Waals surface area contributed by atoms with Gasteiger partial charge in [-0.15, -0.1) is 0 Å². The number of nitrogen functional groups attached to an aromatic ring is 1. The normalized spacial score (nSPS) is 20.6. The van der Waals surface area contributed by atoms with Gasteiger partial charge in [-0.05, 0) is 55.7 Å². The van der Waals surface area contributed by atoms with Crippen LogP contribution in [0.1, 0.15) is 25.7 Å². The van der Waals surface area contributed by atoms with Gasteiger partial charge in [0.2, 0.25) is 0 Å². The summed E-state index contributed by atoms with van der Waals surface area (Å²) >= 11 is 0. The maximum atomic E-state index is 5.78. The molecule has 0 aromatic heterocycles. The molecule has 80 valence electrons. The maximum absolute atomic E-state index is 5.78. The van der Waals surface area contributed by atoms with E-state index in [1.165, 1.54) is 31.4 Å². The van der Waals surface area contributed by atoms with Gasteiger partial charge in [0, 0.05) is 17.4 Å². The zero-order chi connectivity index (χ0) is 10.3. The molecule has 2 saturated carbocycles. The Morgan fingerprint density at radius 2 is 1.80 bits per heavy atom. The molecule has 0 spiro atoms. The van der Waals surface area contributed by atoms with Crippen molar-refractivity contribution in [1.29, 1.82) is 0 Å². The lowest BCUT2D eigenvalue weighted by Gasteiger charge is -2.19. The number of benzene rings is 1. The second kappa shape index (κ2) is 3.44. The molecule has 0 atom stereocenters. The predicted molar refractivity (Wildman–Crippen MR) is 63.7 cm³/mol. The average Bonchev–Trinajstić information content (AvgIpc) is 3.07. The molecule has 3 N–H and O–H groups in total. The van der Waals surface area contributed by atoms with Crippen LogP contribution in [0.2, 0.25) is 0 Å². The van der Waals surface area contributed by atoms with Crippen LogP contribution in [0.3, 0.4) is 0 Å². The molecule has 3 rings (SSSR count). The van der Waals surface area contributed by atoms with Crippen LogP contribution in [0.15, 0.2) is 24.3 Å². The molecule has 0 saturated heterocycles. The smallest absolute Gasteiger partial charge is 0.0363 e. The summed E-state index contributed by atoms with van der Waals surface area (Å²) in [5, 5.41) is 3.66. The van der Waals surface area contributed by atoms with Gasteiger partial charge >= 0.3 is 0 Å². The molecule has 2 fully saturated rings. The second-order valence-electron chi connectivity index (χ2n) is 4.97. The lowest BCUT2D eigenvalue weighted by molar-refractivity contribution is 0.568. The van der Waals surface area contributed by atoms with E-state index in [9.17, 15) is 0 Å². The molecule has 0 aliphatic heterocycles. The lowest BCUT2D eigenvalue weighted by Crippen LogP contribution is -2.24. The summed E-state index contributed by atoms with van der Waals surface area (Å²) in [6.45, 7) is 0. The topological polar surface area (TPSA) is 38.0 Å². The fourth-order valence-electron chi connectivity index (χ4n) is 2.35. The first-order chi connectivity index (χ1) is 7.33. The largest absolute Gasteiger partial charge is 0.399 e. The molecular formula is C13H18N2. The van der Waals surface area contributed by atoms with Crippen molar-refractivity contribution >= 4 is 11.4 Å². The Kier molecular flexibility index (Phi) is 2.08. The van der Waals surface area contributed by atoms with Gasteiger partial charge in [0.15, 0.2) is 0 Å². The Labute approximate surface area is 90.9 Å². The Morgan fingerprint density at radius 1 is 1.13 bits per heavy atom. The van der Waals surface area contributed by atoms with Crippen LogP contribution in [0.25, 0.3) is 0 Å². The summed E-state index contributed by atoms with van der Waals surface area (Å²) in [6.07, 6.45) is 5.65. The zero-order valence-electron chi connectivity index (χ0n) is 8.95. The van der Waals surface area contributed by atoms with E-state index in [1.54, 1.807) is 0 Å². The van der Waals surface area contributed by atoms with Gasteiger partial charge in [0.25, 0.3) is 0 Å². The molecule has 1 aromatic rings. The molecule has 1 aromatic carbocycles. The van der Waals surface area contributed by atoms with Crippen molar-refractivity contribution in [2.24, 2.45) is 11.8 Å². The van der Waals surface area contributed by atoms with Gasteiger partial charge in [0.1, 0.15) is 0 Å². The van der Waals surface area contributed by atoms with E-state index in [2.05, 4.69) is 11.4 Å². The molecule has 0 unspecified atom stereocenters.